The minimum atomic E-state index is 0.0432. The molecule has 1 N–H and O–H groups in total. The summed E-state index contributed by atoms with van der Waals surface area (Å²) in [6.07, 6.45) is 1.02. The lowest BCUT2D eigenvalue weighted by atomic mass is 10.1. The van der Waals surface area contributed by atoms with Crippen molar-refractivity contribution in [1.82, 2.24) is 10.2 Å². The van der Waals surface area contributed by atoms with Crippen LogP contribution in [0.2, 0.25) is 0 Å². The first-order valence-electron chi connectivity index (χ1n) is 5.48. The zero-order chi connectivity index (χ0) is 11.5. The van der Waals surface area contributed by atoms with Crippen LogP contribution in [0.4, 0.5) is 4.79 Å². The molecule has 0 radical (unpaired) electrons. The summed E-state index contributed by atoms with van der Waals surface area (Å²) in [6.45, 7) is 3.69. The van der Waals surface area contributed by atoms with E-state index in [0.29, 0.717) is 0 Å². The molecule has 1 heterocycles. The van der Waals surface area contributed by atoms with Crippen molar-refractivity contribution in [3.05, 3.63) is 34.3 Å². The first-order chi connectivity index (χ1) is 7.68. The average Bonchev–Trinajstić information content (AvgIpc) is 2.30. The Kier molecular flexibility index (Phi) is 3.49. The van der Waals surface area contributed by atoms with Gasteiger partial charge in [0, 0.05) is 17.6 Å². The molecule has 1 unspecified atom stereocenters. The third-order valence-electron chi connectivity index (χ3n) is 2.93. The SMILES string of the molecule is CC(c1ccc(Br)cc1)N1CCCNC1=O. The molecule has 2 rings (SSSR count). The molecule has 4 heteroatoms. The Hall–Kier alpha value is -1.03. The molecule has 16 heavy (non-hydrogen) atoms. The van der Waals surface area contributed by atoms with Crippen LogP contribution in [0.5, 0.6) is 0 Å². The van der Waals surface area contributed by atoms with E-state index >= 15 is 0 Å². The van der Waals surface area contributed by atoms with E-state index in [0.717, 1.165) is 24.0 Å². The van der Waals surface area contributed by atoms with Gasteiger partial charge in [0.2, 0.25) is 0 Å². The minimum absolute atomic E-state index is 0.0432. The van der Waals surface area contributed by atoms with Gasteiger partial charge in [-0.15, -0.1) is 0 Å². The second-order valence-electron chi connectivity index (χ2n) is 4.01. The van der Waals surface area contributed by atoms with Gasteiger partial charge in [-0.3, -0.25) is 0 Å². The highest BCUT2D eigenvalue weighted by molar-refractivity contribution is 9.10. The number of carbonyl (C=O) groups is 1. The summed E-state index contributed by atoms with van der Waals surface area (Å²) in [6, 6.07) is 8.30. The lowest BCUT2D eigenvalue weighted by Gasteiger charge is -2.33. The number of carbonyl (C=O) groups excluding carboxylic acids is 1. The maximum atomic E-state index is 11.7. The van der Waals surface area contributed by atoms with E-state index in [2.05, 4.69) is 40.3 Å². The molecule has 0 saturated carbocycles. The Morgan fingerprint density at radius 2 is 2.06 bits per heavy atom. The summed E-state index contributed by atoms with van der Waals surface area (Å²) in [5.74, 6) is 0. The predicted octanol–water partition coefficient (Wildman–Crippen LogP) is 2.93. The van der Waals surface area contributed by atoms with Crippen LogP contribution in [-0.2, 0) is 0 Å². The topological polar surface area (TPSA) is 32.3 Å². The summed E-state index contributed by atoms with van der Waals surface area (Å²) in [5, 5.41) is 2.87. The van der Waals surface area contributed by atoms with Crippen LogP contribution in [-0.4, -0.2) is 24.0 Å². The number of urea groups is 1. The molecule has 0 aliphatic carbocycles. The molecule has 1 saturated heterocycles. The fourth-order valence-corrected chi connectivity index (χ4v) is 2.20. The maximum absolute atomic E-state index is 11.7. The van der Waals surface area contributed by atoms with Crippen LogP contribution in [0, 0.1) is 0 Å². The van der Waals surface area contributed by atoms with E-state index < -0.39 is 0 Å². The molecule has 1 aromatic carbocycles. The zero-order valence-electron chi connectivity index (χ0n) is 9.24. The number of nitrogens with zero attached hydrogens (tertiary/aromatic N) is 1. The number of amides is 2. The van der Waals surface area contributed by atoms with Gasteiger partial charge < -0.3 is 10.2 Å². The van der Waals surface area contributed by atoms with Crippen molar-refractivity contribution in [3.63, 3.8) is 0 Å². The number of hydrogen-bond acceptors (Lipinski definition) is 1. The quantitative estimate of drug-likeness (QED) is 0.889. The van der Waals surface area contributed by atoms with Crippen LogP contribution >= 0.6 is 15.9 Å². The van der Waals surface area contributed by atoms with Gasteiger partial charge in [0.1, 0.15) is 0 Å². The fourth-order valence-electron chi connectivity index (χ4n) is 1.94. The van der Waals surface area contributed by atoms with Crippen LogP contribution in [0.1, 0.15) is 24.9 Å². The monoisotopic (exact) mass is 282 g/mol. The molecule has 1 atom stereocenters. The molecule has 0 spiro atoms. The van der Waals surface area contributed by atoms with Crippen molar-refractivity contribution in [2.24, 2.45) is 0 Å². The molecule has 1 aliphatic rings. The van der Waals surface area contributed by atoms with Gasteiger partial charge in [-0.05, 0) is 31.0 Å². The number of nitrogens with one attached hydrogen (secondary N) is 1. The van der Waals surface area contributed by atoms with Crippen LogP contribution in [0.3, 0.4) is 0 Å². The lowest BCUT2D eigenvalue weighted by Crippen LogP contribution is -2.47. The molecule has 0 aromatic heterocycles. The summed E-state index contributed by atoms with van der Waals surface area (Å²) in [4.78, 5) is 13.6. The maximum Gasteiger partial charge on any atom is 0.317 e. The summed E-state index contributed by atoms with van der Waals surface area (Å²) >= 11 is 3.41. The highest BCUT2D eigenvalue weighted by Gasteiger charge is 2.23. The second-order valence-corrected chi connectivity index (χ2v) is 4.92. The van der Waals surface area contributed by atoms with E-state index in [9.17, 15) is 4.79 Å². The lowest BCUT2D eigenvalue weighted by molar-refractivity contribution is 0.166. The number of benzene rings is 1. The van der Waals surface area contributed by atoms with Gasteiger partial charge >= 0.3 is 6.03 Å². The zero-order valence-corrected chi connectivity index (χ0v) is 10.8. The minimum Gasteiger partial charge on any atom is -0.338 e. The van der Waals surface area contributed by atoms with Crippen molar-refractivity contribution >= 4 is 22.0 Å². The third-order valence-corrected chi connectivity index (χ3v) is 3.46. The molecule has 1 aromatic rings. The number of hydrogen-bond donors (Lipinski definition) is 1. The van der Waals surface area contributed by atoms with Crippen molar-refractivity contribution < 1.29 is 4.79 Å². The van der Waals surface area contributed by atoms with Gasteiger partial charge in [0.25, 0.3) is 0 Å². The van der Waals surface area contributed by atoms with Gasteiger partial charge in [0.15, 0.2) is 0 Å². The Balaban J connectivity index is 2.14. The molecule has 0 bridgehead atoms. The Labute approximate surface area is 104 Å². The Morgan fingerprint density at radius 1 is 1.38 bits per heavy atom. The van der Waals surface area contributed by atoms with E-state index in [-0.39, 0.29) is 12.1 Å². The Morgan fingerprint density at radius 3 is 2.69 bits per heavy atom. The first kappa shape index (κ1) is 11.5. The van der Waals surface area contributed by atoms with Gasteiger partial charge in [0.05, 0.1) is 6.04 Å². The van der Waals surface area contributed by atoms with Crippen molar-refractivity contribution in [2.75, 3.05) is 13.1 Å². The van der Waals surface area contributed by atoms with E-state index in [4.69, 9.17) is 0 Å². The van der Waals surface area contributed by atoms with E-state index in [1.54, 1.807) is 0 Å². The van der Waals surface area contributed by atoms with Gasteiger partial charge in [-0.2, -0.15) is 0 Å². The standard InChI is InChI=1S/C12H15BrN2O/c1-9(10-3-5-11(13)6-4-10)15-8-2-7-14-12(15)16/h3-6,9H,2,7-8H2,1H3,(H,14,16). The molecular formula is C12H15BrN2O. The number of halogens is 1. The summed E-state index contributed by atoms with van der Waals surface area (Å²) < 4.78 is 1.06. The largest absolute Gasteiger partial charge is 0.338 e. The van der Waals surface area contributed by atoms with E-state index in [1.165, 1.54) is 5.56 Å². The van der Waals surface area contributed by atoms with Crippen molar-refractivity contribution in [2.45, 2.75) is 19.4 Å². The smallest absolute Gasteiger partial charge is 0.317 e. The molecule has 3 nitrogen and oxygen atoms in total. The van der Waals surface area contributed by atoms with Crippen molar-refractivity contribution in [1.29, 1.82) is 0 Å². The summed E-state index contributed by atoms with van der Waals surface area (Å²) in [7, 11) is 0. The van der Waals surface area contributed by atoms with Crippen LogP contribution < -0.4 is 5.32 Å². The van der Waals surface area contributed by atoms with Gasteiger partial charge in [-0.25, -0.2) is 4.79 Å². The average molecular weight is 283 g/mol. The molecule has 2 amide bonds. The second kappa shape index (κ2) is 4.87. The highest BCUT2D eigenvalue weighted by Crippen LogP contribution is 2.23. The molecular weight excluding hydrogens is 268 g/mol. The van der Waals surface area contributed by atoms with Crippen LogP contribution in [0.25, 0.3) is 0 Å². The Bertz CT molecular complexity index is 377. The third kappa shape index (κ3) is 2.38. The molecule has 1 fully saturated rings. The number of rotatable bonds is 2. The highest BCUT2D eigenvalue weighted by atomic mass is 79.9. The predicted molar refractivity (Wildman–Crippen MR) is 67.3 cm³/mol. The summed E-state index contributed by atoms with van der Waals surface area (Å²) in [5.41, 5.74) is 1.17. The van der Waals surface area contributed by atoms with E-state index in [1.807, 2.05) is 17.0 Å². The van der Waals surface area contributed by atoms with Crippen LogP contribution in [0.15, 0.2) is 28.7 Å². The molecule has 1 aliphatic heterocycles. The fraction of sp³-hybridized carbons (Fsp3) is 0.417. The first-order valence-corrected chi connectivity index (χ1v) is 6.28. The van der Waals surface area contributed by atoms with Crippen molar-refractivity contribution in [3.8, 4) is 0 Å². The molecule has 86 valence electrons. The normalized spacial score (nSPS) is 18.1. The van der Waals surface area contributed by atoms with Gasteiger partial charge in [-0.1, -0.05) is 28.1 Å².